The van der Waals surface area contributed by atoms with Crippen LogP contribution in [0.25, 0.3) is 0 Å². The van der Waals surface area contributed by atoms with Crippen LogP contribution in [0.15, 0.2) is 41.1 Å². The van der Waals surface area contributed by atoms with Gasteiger partial charge in [0, 0.05) is 0 Å². The highest BCUT2D eigenvalue weighted by atomic mass is 15.1. The van der Waals surface area contributed by atoms with Gasteiger partial charge in [-0.1, -0.05) is 38.2 Å². The molecule has 0 heterocycles. The van der Waals surface area contributed by atoms with Crippen LogP contribution in [-0.4, -0.2) is 5.71 Å². The van der Waals surface area contributed by atoms with Gasteiger partial charge >= 0.3 is 0 Å². The Morgan fingerprint density at radius 1 is 1.25 bits per heavy atom. The summed E-state index contributed by atoms with van der Waals surface area (Å²) in [6.07, 6.45) is 9.72. The zero-order valence-electron chi connectivity index (χ0n) is 7.91. The van der Waals surface area contributed by atoms with Gasteiger partial charge in [-0.2, -0.15) is 5.10 Å². The van der Waals surface area contributed by atoms with Gasteiger partial charge in [0.25, 0.3) is 0 Å². The molecule has 0 radical (unpaired) electrons. The Balaban J connectivity index is 0.000000561. The molecular formula is C10H16N2. The van der Waals surface area contributed by atoms with E-state index in [9.17, 15) is 0 Å². The van der Waals surface area contributed by atoms with Crippen molar-refractivity contribution in [3.8, 4) is 0 Å². The molecular weight excluding hydrogens is 148 g/mol. The molecule has 0 fully saturated rings. The minimum atomic E-state index is 0.838. The molecule has 0 aromatic rings. The van der Waals surface area contributed by atoms with Gasteiger partial charge in [0.05, 0.1) is 5.71 Å². The molecule has 0 aromatic carbocycles. The third kappa shape index (κ3) is 2.74. The molecule has 2 heteroatoms. The van der Waals surface area contributed by atoms with Crippen LogP contribution in [0.4, 0.5) is 0 Å². The number of nitrogens with two attached hydrogens (primary N) is 1. The van der Waals surface area contributed by atoms with E-state index in [-0.39, 0.29) is 0 Å². The van der Waals surface area contributed by atoms with Gasteiger partial charge in [-0.15, -0.1) is 0 Å². The smallest absolute Gasteiger partial charge is 0.0895 e. The fourth-order valence-electron chi connectivity index (χ4n) is 0.849. The maximum Gasteiger partial charge on any atom is 0.0895 e. The van der Waals surface area contributed by atoms with Gasteiger partial charge in [-0.25, -0.2) is 0 Å². The van der Waals surface area contributed by atoms with E-state index in [1.165, 1.54) is 0 Å². The molecule has 0 saturated carbocycles. The topological polar surface area (TPSA) is 38.4 Å². The predicted molar refractivity (Wildman–Crippen MR) is 55.0 cm³/mol. The van der Waals surface area contributed by atoms with Crippen molar-refractivity contribution in [2.24, 2.45) is 10.9 Å². The first-order valence-corrected chi connectivity index (χ1v) is 4.18. The van der Waals surface area contributed by atoms with Gasteiger partial charge in [0.2, 0.25) is 0 Å². The Morgan fingerprint density at radius 2 is 1.83 bits per heavy atom. The normalized spacial score (nSPS) is 20.9. The Bertz CT molecular complexity index is 206. The average molecular weight is 164 g/mol. The fraction of sp³-hybridized carbons (Fsp3) is 0.300. The second-order valence-corrected chi connectivity index (χ2v) is 1.98. The number of allylic oxidation sites excluding steroid dienone is 6. The van der Waals surface area contributed by atoms with E-state index in [1.807, 2.05) is 51.2 Å². The first-order chi connectivity index (χ1) is 5.88. The largest absolute Gasteiger partial charge is 0.323 e. The van der Waals surface area contributed by atoms with Crippen LogP contribution >= 0.6 is 0 Å². The molecule has 12 heavy (non-hydrogen) atoms. The van der Waals surface area contributed by atoms with Crippen LogP contribution in [0.2, 0.25) is 0 Å². The Labute approximate surface area is 74.2 Å². The van der Waals surface area contributed by atoms with Crippen molar-refractivity contribution in [2.45, 2.75) is 20.8 Å². The second kappa shape index (κ2) is 6.40. The van der Waals surface area contributed by atoms with E-state index in [0.717, 1.165) is 11.3 Å². The van der Waals surface area contributed by atoms with E-state index < -0.39 is 0 Å². The maximum absolute atomic E-state index is 5.13. The molecule has 0 atom stereocenters. The molecule has 1 aliphatic carbocycles. The monoisotopic (exact) mass is 164 g/mol. The first kappa shape index (κ1) is 10.7. The predicted octanol–water partition coefficient (Wildman–Crippen LogP) is 2.40. The average Bonchev–Trinajstić information content (AvgIpc) is 2.20. The van der Waals surface area contributed by atoms with Gasteiger partial charge < -0.3 is 5.84 Å². The summed E-state index contributed by atoms with van der Waals surface area (Å²) < 4.78 is 0. The number of hydrazone groups is 1. The number of hydrogen-bond acceptors (Lipinski definition) is 2. The van der Waals surface area contributed by atoms with Gasteiger partial charge in [0.15, 0.2) is 0 Å². The van der Waals surface area contributed by atoms with Gasteiger partial charge in [-0.3, -0.25) is 0 Å². The standard InChI is InChI=1S/C8H10N2.C2H6/c1-2-7-5-3-4-6-8(7)10-9;1-2/h2-6H,9H2,1H3;1-2H3/b7-2-,10-8-;. The third-order valence-electron chi connectivity index (χ3n) is 1.39. The van der Waals surface area contributed by atoms with Crippen molar-refractivity contribution >= 4 is 5.71 Å². The van der Waals surface area contributed by atoms with E-state index >= 15 is 0 Å². The minimum Gasteiger partial charge on any atom is -0.323 e. The van der Waals surface area contributed by atoms with E-state index in [0.29, 0.717) is 0 Å². The van der Waals surface area contributed by atoms with Crippen molar-refractivity contribution in [3.05, 3.63) is 36.0 Å². The highest BCUT2D eigenvalue weighted by Crippen LogP contribution is 2.06. The van der Waals surface area contributed by atoms with Crippen LogP contribution in [-0.2, 0) is 0 Å². The van der Waals surface area contributed by atoms with Crippen LogP contribution < -0.4 is 5.84 Å². The van der Waals surface area contributed by atoms with Crippen molar-refractivity contribution < 1.29 is 0 Å². The van der Waals surface area contributed by atoms with Crippen molar-refractivity contribution in [1.29, 1.82) is 0 Å². The zero-order chi connectivity index (χ0) is 9.40. The second-order valence-electron chi connectivity index (χ2n) is 1.98. The third-order valence-corrected chi connectivity index (χ3v) is 1.39. The molecule has 0 spiro atoms. The SMILES string of the molecule is C/C=C1/C=CC=C/C1=N/N.CC. The summed E-state index contributed by atoms with van der Waals surface area (Å²) >= 11 is 0. The van der Waals surface area contributed by atoms with Crippen molar-refractivity contribution in [1.82, 2.24) is 0 Å². The molecule has 0 bridgehead atoms. The molecule has 0 unspecified atom stereocenters. The number of nitrogens with zero attached hydrogens (tertiary/aromatic N) is 1. The number of hydrogen-bond donors (Lipinski definition) is 1. The van der Waals surface area contributed by atoms with Crippen LogP contribution in [0.1, 0.15) is 20.8 Å². The Kier molecular flexibility index (Phi) is 5.70. The van der Waals surface area contributed by atoms with Gasteiger partial charge in [0.1, 0.15) is 0 Å². The lowest BCUT2D eigenvalue weighted by molar-refractivity contribution is 1.25. The highest BCUT2D eigenvalue weighted by Gasteiger charge is 1.99. The van der Waals surface area contributed by atoms with Crippen LogP contribution in [0.5, 0.6) is 0 Å². The van der Waals surface area contributed by atoms with Crippen LogP contribution in [0.3, 0.4) is 0 Å². The summed E-state index contributed by atoms with van der Waals surface area (Å²) in [4.78, 5) is 0. The highest BCUT2D eigenvalue weighted by molar-refractivity contribution is 6.11. The molecule has 0 amide bonds. The molecule has 0 saturated heterocycles. The van der Waals surface area contributed by atoms with Gasteiger partial charge in [-0.05, 0) is 18.6 Å². The summed E-state index contributed by atoms with van der Waals surface area (Å²) in [5.74, 6) is 5.13. The van der Waals surface area contributed by atoms with Crippen molar-refractivity contribution in [3.63, 3.8) is 0 Å². The van der Waals surface area contributed by atoms with Crippen molar-refractivity contribution in [2.75, 3.05) is 0 Å². The minimum absolute atomic E-state index is 0.838. The fourth-order valence-corrected chi connectivity index (χ4v) is 0.849. The molecule has 0 aliphatic heterocycles. The molecule has 2 nitrogen and oxygen atoms in total. The van der Waals surface area contributed by atoms with E-state index in [2.05, 4.69) is 5.10 Å². The maximum atomic E-state index is 5.13. The molecule has 1 rings (SSSR count). The van der Waals surface area contributed by atoms with E-state index in [1.54, 1.807) is 0 Å². The molecule has 0 aromatic heterocycles. The lowest BCUT2D eigenvalue weighted by Gasteiger charge is -2.02. The molecule has 1 aliphatic rings. The molecule has 2 N–H and O–H groups in total. The zero-order valence-corrected chi connectivity index (χ0v) is 7.91. The summed E-state index contributed by atoms with van der Waals surface area (Å²) in [5, 5.41) is 3.61. The lowest BCUT2D eigenvalue weighted by atomic mass is 10.1. The summed E-state index contributed by atoms with van der Waals surface area (Å²) in [6, 6.07) is 0. The summed E-state index contributed by atoms with van der Waals surface area (Å²) in [5.41, 5.74) is 1.91. The Hall–Kier alpha value is -1.31. The number of rotatable bonds is 0. The first-order valence-electron chi connectivity index (χ1n) is 4.18. The van der Waals surface area contributed by atoms with Crippen LogP contribution in [0, 0.1) is 0 Å². The quantitative estimate of drug-likeness (QED) is 0.433. The van der Waals surface area contributed by atoms with E-state index in [4.69, 9.17) is 5.84 Å². The summed E-state index contributed by atoms with van der Waals surface area (Å²) in [6.45, 7) is 5.96. The summed E-state index contributed by atoms with van der Waals surface area (Å²) in [7, 11) is 0. The lowest BCUT2D eigenvalue weighted by Crippen LogP contribution is -2.02. The Morgan fingerprint density at radius 3 is 2.25 bits per heavy atom. The molecule has 66 valence electrons.